The molecule has 0 bridgehead atoms. The minimum Gasteiger partial charge on any atom is -0.327 e. The summed E-state index contributed by atoms with van der Waals surface area (Å²) in [6, 6.07) is 5.25. The topological polar surface area (TPSA) is 89.8 Å². The van der Waals surface area contributed by atoms with Crippen molar-refractivity contribution in [2.24, 2.45) is 14.1 Å². The van der Waals surface area contributed by atoms with Gasteiger partial charge in [-0.05, 0) is 24.6 Å². The van der Waals surface area contributed by atoms with Gasteiger partial charge in [-0.25, -0.2) is 9.78 Å². The lowest BCUT2D eigenvalue weighted by molar-refractivity contribution is 0.102. The van der Waals surface area contributed by atoms with Crippen molar-refractivity contribution in [3.8, 4) is 0 Å². The molecule has 0 aliphatic carbocycles. The maximum atomic E-state index is 12.3. The number of imidazole rings is 1. The van der Waals surface area contributed by atoms with Gasteiger partial charge in [0.15, 0.2) is 22.1 Å². The van der Waals surface area contributed by atoms with Gasteiger partial charge in [-0.15, -0.1) is 0 Å². The van der Waals surface area contributed by atoms with Crippen molar-refractivity contribution in [2.45, 2.75) is 12.1 Å². The summed E-state index contributed by atoms with van der Waals surface area (Å²) < 4.78 is 2.29. The number of nitrogens with one attached hydrogen (secondary N) is 1. The van der Waals surface area contributed by atoms with Gasteiger partial charge in [0, 0.05) is 19.7 Å². The lowest BCUT2D eigenvalue weighted by atomic mass is 10.1. The predicted molar refractivity (Wildman–Crippen MR) is 97.8 cm³/mol. The third-order valence-electron chi connectivity index (χ3n) is 3.84. The quantitative estimate of drug-likeness (QED) is 0.553. The highest BCUT2D eigenvalue weighted by Crippen LogP contribution is 2.22. The Labute approximate surface area is 151 Å². The fourth-order valence-electron chi connectivity index (χ4n) is 2.43. The number of thioether (sulfide) groups is 1. The van der Waals surface area contributed by atoms with Crippen molar-refractivity contribution in [2.75, 3.05) is 5.75 Å². The van der Waals surface area contributed by atoms with E-state index in [0.717, 1.165) is 21.9 Å². The van der Waals surface area contributed by atoms with Gasteiger partial charge < -0.3 is 4.98 Å². The maximum Gasteiger partial charge on any atom is 0.332 e. The first kappa shape index (κ1) is 17.5. The number of halogens is 1. The Hall–Kier alpha value is -2.32. The first-order chi connectivity index (χ1) is 11.8. The summed E-state index contributed by atoms with van der Waals surface area (Å²) in [5.74, 6) is -0.0334. The molecule has 1 aromatic carbocycles. The average Bonchev–Trinajstić information content (AvgIpc) is 3.00. The van der Waals surface area contributed by atoms with E-state index in [1.54, 1.807) is 12.1 Å². The molecule has 0 atom stereocenters. The number of benzene rings is 1. The summed E-state index contributed by atoms with van der Waals surface area (Å²) in [6.07, 6.45) is 0. The summed E-state index contributed by atoms with van der Waals surface area (Å²) in [5, 5.41) is 0.802. The normalized spacial score (nSPS) is 11.2. The Balaban J connectivity index is 1.88. The molecule has 3 aromatic rings. The number of nitrogens with zero attached hydrogens (tertiary/aromatic N) is 3. The van der Waals surface area contributed by atoms with Gasteiger partial charge in [-0.2, -0.15) is 0 Å². The number of H-pyrrole nitrogens is 1. The van der Waals surface area contributed by atoms with Crippen molar-refractivity contribution < 1.29 is 4.79 Å². The van der Waals surface area contributed by atoms with Crippen molar-refractivity contribution in [3.05, 3.63) is 55.2 Å². The SMILES string of the molecule is Cc1ccc(C(=O)CSc2nc3c([nH]2)c(=O)n(C)c(=O)n3C)c(Cl)c1. The Morgan fingerprint density at radius 2 is 2.00 bits per heavy atom. The molecule has 2 heterocycles. The zero-order valence-electron chi connectivity index (χ0n) is 13.8. The molecule has 25 heavy (non-hydrogen) atoms. The van der Waals surface area contributed by atoms with E-state index in [0.29, 0.717) is 15.7 Å². The molecule has 0 aliphatic rings. The van der Waals surface area contributed by atoms with Gasteiger partial charge in [-0.1, -0.05) is 29.4 Å². The molecule has 0 fully saturated rings. The number of hydrogen-bond acceptors (Lipinski definition) is 5. The monoisotopic (exact) mass is 378 g/mol. The largest absolute Gasteiger partial charge is 0.332 e. The van der Waals surface area contributed by atoms with Gasteiger partial charge in [0.1, 0.15) is 0 Å². The Bertz CT molecular complexity index is 1110. The summed E-state index contributed by atoms with van der Waals surface area (Å²) >= 11 is 7.26. The van der Waals surface area contributed by atoms with E-state index in [9.17, 15) is 14.4 Å². The summed E-state index contributed by atoms with van der Waals surface area (Å²) in [7, 11) is 2.94. The number of carbonyl (C=O) groups excluding carboxylic acids is 1. The van der Waals surface area contributed by atoms with Crippen LogP contribution in [0, 0.1) is 6.92 Å². The minimum atomic E-state index is -0.455. The highest BCUT2D eigenvalue weighted by atomic mass is 35.5. The number of hydrogen-bond donors (Lipinski definition) is 1. The molecule has 0 spiro atoms. The molecule has 3 rings (SSSR count). The van der Waals surface area contributed by atoms with E-state index in [1.165, 1.54) is 18.7 Å². The molecular formula is C16H15ClN4O3S. The summed E-state index contributed by atoms with van der Waals surface area (Å²) in [6.45, 7) is 1.90. The third-order valence-corrected chi connectivity index (χ3v) is 5.02. The molecule has 130 valence electrons. The van der Waals surface area contributed by atoms with Crippen LogP contribution in [-0.4, -0.2) is 30.6 Å². The number of aryl methyl sites for hydroxylation is 2. The highest BCUT2D eigenvalue weighted by Gasteiger charge is 2.16. The van der Waals surface area contributed by atoms with Gasteiger partial charge in [-0.3, -0.25) is 18.7 Å². The van der Waals surface area contributed by atoms with Crippen LogP contribution in [-0.2, 0) is 14.1 Å². The molecule has 0 saturated heterocycles. The highest BCUT2D eigenvalue weighted by molar-refractivity contribution is 7.99. The van der Waals surface area contributed by atoms with Crippen molar-refractivity contribution >= 4 is 40.3 Å². The molecule has 9 heteroatoms. The second kappa shape index (κ2) is 6.53. The molecule has 0 amide bonds. The minimum absolute atomic E-state index is 0.108. The van der Waals surface area contributed by atoms with Crippen LogP contribution in [0.5, 0.6) is 0 Å². The van der Waals surface area contributed by atoms with Crippen LogP contribution < -0.4 is 11.2 Å². The van der Waals surface area contributed by atoms with Gasteiger partial charge >= 0.3 is 5.69 Å². The molecular weight excluding hydrogens is 364 g/mol. The molecule has 2 aromatic heterocycles. The number of fused-ring (bicyclic) bond motifs is 1. The Kier molecular flexibility index (Phi) is 4.57. The van der Waals surface area contributed by atoms with Crippen LogP contribution >= 0.6 is 23.4 Å². The van der Waals surface area contributed by atoms with E-state index in [2.05, 4.69) is 9.97 Å². The number of carbonyl (C=O) groups is 1. The number of Topliss-reactive ketones (excluding diaryl/α,β-unsaturated/α-hetero) is 1. The van der Waals surface area contributed by atoms with Crippen LogP contribution in [0.2, 0.25) is 5.02 Å². The molecule has 7 nitrogen and oxygen atoms in total. The first-order valence-electron chi connectivity index (χ1n) is 7.37. The standard InChI is InChI=1S/C16H15ClN4O3S/c1-8-4-5-9(10(17)6-8)11(22)7-25-15-18-12-13(19-15)20(2)16(24)21(3)14(12)23/h4-6H,7H2,1-3H3,(H,18,19). The van der Waals surface area contributed by atoms with Crippen molar-refractivity contribution in [1.82, 2.24) is 19.1 Å². The van der Waals surface area contributed by atoms with Crippen molar-refractivity contribution in [3.63, 3.8) is 0 Å². The summed E-state index contributed by atoms with van der Waals surface area (Å²) in [5.41, 5.74) is 1.00. The number of aromatic amines is 1. The van der Waals surface area contributed by atoms with Crippen LogP contribution in [0.15, 0.2) is 32.9 Å². The van der Waals surface area contributed by atoms with Gasteiger partial charge in [0.2, 0.25) is 0 Å². The second-order valence-corrected chi connectivity index (χ2v) is 7.01. The van der Waals surface area contributed by atoms with Crippen LogP contribution in [0.1, 0.15) is 15.9 Å². The molecule has 1 N–H and O–H groups in total. The van der Waals surface area contributed by atoms with Crippen LogP contribution in [0.25, 0.3) is 11.2 Å². The Morgan fingerprint density at radius 3 is 2.68 bits per heavy atom. The van der Waals surface area contributed by atoms with E-state index in [-0.39, 0.29) is 22.7 Å². The predicted octanol–water partition coefficient (Wildman–Crippen LogP) is 1.90. The second-order valence-electron chi connectivity index (χ2n) is 5.64. The van der Waals surface area contributed by atoms with Crippen molar-refractivity contribution in [1.29, 1.82) is 0 Å². The molecule has 0 aliphatic heterocycles. The number of rotatable bonds is 4. The van der Waals surface area contributed by atoms with E-state index >= 15 is 0 Å². The van der Waals surface area contributed by atoms with E-state index in [1.807, 2.05) is 13.0 Å². The molecule has 0 unspecified atom stereocenters. The molecule has 0 radical (unpaired) electrons. The maximum absolute atomic E-state index is 12.3. The fourth-order valence-corrected chi connectivity index (χ4v) is 3.52. The zero-order valence-corrected chi connectivity index (χ0v) is 15.4. The number of aromatic nitrogens is 4. The zero-order chi connectivity index (χ0) is 18.3. The molecule has 0 saturated carbocycles. The first-order valence-corrected chi connectivity index (χ1v) is 8.74. The summed E-state index contributed by atoms with van der Waals surface area (Å²) in [4.78, 5) is 43.5. The lowest BCUT2D eigenvalue weighted by Gasteiger charge is -2.03. The van der Waals surface area contributed by atoms with Crippen LogP contribution in [0.4, 0.5) is 0 Å². The average molecular weight is 379 g/mol. The fraction of sp³-hybridized carbons (Fsp3) is 0.250. The van der Waals surface area contributed by atoms with E-state index < -0.39 is 11.2 Å². The van der Waals surface area contributed by atoms with Crippen LogP contribution in [0.3, 0.4) is 0 Å². The van der Waals surface area contributed by atoms with Gasteiger partial charge in [0.05, 0.1) is 10.8 Å². The smallest absolute Gasteiger partial charge is 0.327 e. The van der Waals surface area contributed by atoms with E-state index in [4.69, 9.17) is 11.6 Å². The third kappa shape index (κ3) is 3.14. The number of ketones is 1. The Morgan fingerprint density at radius 1 is 1.28 bits per heavy atom. The van der Waals surface area contributed by atoms with Gasteiger partial charge in [0.25, 0.3) is 5.56 Å². The lowest BCUT2D eigenvalue weighted by Crippen LogP contribution is -2.36.